The number of allylic oxidation sites excluding steroid dienone is 2. The van der Waals surface area contributed by atoms with Crippen LogP contribution in [-0.2, 0) is 30.9 Å². The van der Waals surface area contributed by atoms with Gasteiger partial charge in [-0.15, -0.1) is 0 Å². The number of piperidine rings is 1. The molecule has 6 rings (SSSR count). The number of rotatable bonds is 20. The number of aliphatic hydroxyl groups is 1. The fourth-order valence-corrected chi connectivity index (χ4v) is 9.15. The summed E-state index contributed by atoms with van der Waals surface area (Å²) in [7, 11) is 2.03. The van der Waals surface area contributed by atoms with Gasteiger partial charge in [0.25, 0.3) is 0 Å². The summed E-state index contributed by atoms with van der Waals surface area (Å²) >= 11 is 0. The molecule has 2 aromatic rings. The number of esters is 2. The highest BCUT2D eigenvalue weighted by Gasteiger charge is 2.72. The Morgan fingerprint density at radius 3 is 2.37 bits per heavy atom. The summed E-state index contributed by atoms with van der Waals surface area (Å²) in [6.45, 7) is 2.97. The lowest BCUT2D eigenvalue weighted by molar-refractivity contribution is -0.176. The first-order chi connectivity index (χ1) is 25.3. The van der Waals surface area contributed by atoms with Crippen molar-refractivity contribution in [1.82, 2.24) is 4.90 Å². The van der Waals surface area contributed by atoms with Crippen molar-refractivity contribution in [2.45, 2.75) is 145 Å². The topological polar surface area (TPSA) is 102 Å². The monoisotopic (exact) mass is 711 g/mol. The highest BCUT2D eigenvalue weighted by Crippen LogP contribution is 2.64. The van der Waals surface area contributed by atoms with Gasteiger partial charge in [-0.1, -0.05) is 107 Å². The summed E-state index contributed by atoms with van der Waals surface area (Å²) in [5.41, 5.74) is 0.800. The number of likely N-dealkylation sites (N-methyl/N-ethyl adjacent to an activating group) is 1. The minimum absolute atomic E-state index is 0.157. The molecule has 1 spiro atoms. The molecule has 0 unspecified atom stereocenters. The van der Waals surface area contributed by atoms with Crippen molar-refractivity contribution < 1.29 is 33.7 Å². The largest absolute Gasteiger partial charge is 0.480 e. The average molecular weight is 712 g/mol. The standard InChI is InChI=1S/C44H57NO7/c1-3-4-5-6-7-8-9-10-11-12-13-14-15-16-20-23-37(47)51-40(32-21-18-17-19-22-32)42(48)50-35-26-27-44(49)36-30-33-24-25-34(31-46)39-38(33)43(44,41(35)52-39)28-29-45(36)2/h10-11,17-19,21-22,24-26,31,36,40-41,49H,3-9,12-16,20,23,27-30H2,1-2H3/b11-10-/t36-,40+,41+,43+,44-/m1/s1. The van der Waals surface area contributed by atoms with Crippen molar-refractivity contribution in [3.05, 3.63) is 88.7 Å². The Balaban J connectivity index is 1.04. The van der Waals surface area contributed by atoms with Crippen molar-refractivity contribution in [2.24, 2.45) is 0 Å². The fourth-order valence-electron chi connectivity index (χ4n) is 9.15. The predicted octanol–water partition coefficient (Wildman–Crippen LogP) is 8.64. The smallest absolute Gasteiger partial charge is 0.357 e. The summed E-state index contributed by atoms with van der Waals surface area (Å²) in [6.07, 6.45) is 22.0. The van der Waals surface area contributed by atoms with E-state index < -0.39 is 35.2 Å². The molecule has 0 aromatic heterocycles. The lowest BCUT2D eigenvalue weighted by Crippen LogP contribution is -2.74. The van der Waals surface area contributed by atoms with Crippen molar-refractivity contribution in [2.75, 3.05) is 13.6 Å². The molecule has 5 atom stereocenters. The summed E-state index contributed by atoms with van der Waals surface area (Å²) in [6, 6.07) is 12.5. The molecule has 52 heavy (non-hydrogen) atoms. The number of carbonyl (C=O) groups is 3. The van der Waals surface area contributed by atoms with Gasteiger partial charge in [0.15, 0.2) is 12.4 Å². The van der Waals surface area contributed by atoms with Gasteiger partial charge in [0.1, 0.15) is 11.5 Å². The highest BCUT2D eigenvalue weighted by atomic mass is 16.6. The zero-order valence-electron chi connectivity index (χ0n) is 31.2. The molecule has 0 saturated carbocycles. The van der Waals surface area contributed by atoms with Crippen molar-refractivity contribution in [3.8, 4) is 5.75 Å². The van der Waals surface area contributed by atoms with Gasteiger partial charge in [0, 0.05) is 30.0 Å². The second-order valence-electron chi connectivity index (χ2n) is 15.3. The zero-order valence-corrected chi connectivity index (χ0v) is 31.2. The number of aldehydes is 1. The Labute approximate surface area is 309 Å². The zero-order chi connectivity index (χ0) is 36.6. The molecular weight excluding hydrogens is 654 g/mol. The Morgan fingerprint density at radius 1 is 0.962 bits per heavy atom. The lowest BCUT2D eigenvalue weighted by Gasteiger charge is -2.61. The van der Waals surface area contributed by atoms with Crippen LogP contribution in [0.5, 0.6) is 5.75 Å². The van der Waals surface area contributed by atoms with Crippen LogP contribution in [0.2, 0.25) is 0 Å². The van der Waals surface area contributed by atoms with E-state index in [0.29, 0.717) is 36.1 Å². The maximum atomic E-state index is 14.0. The first kappa shape index (κ1) is 38.0. The summed E-state index contributed by atoms with van der Waals surface area (Å²) in [5.74, 6) is -0.404. The molecule has 1 fully saturated rings. The van der Waals surface area contributed by atoms with Crippen LogP contribution in [0.25, 0.3) is 0 Å². The molecule has 4 aliphatic rings. The fraction of sp³-hybridized carbons (Fsp3) is 0.568. The Kier molecular flexibility index (Phi) is 12.7. The normalized spacial score (nSPS) is 24.9. The Hall–Kier alpha value is -3.75. The highest BCUT2D eigenvalue weighted by molar-refractivity contribution is 5.84. The second-order valence-corrected chi connectivity index (χ2v) is 15.3. The molecule has 2 heterocycles. The van der Waals surface area contributed by atoms with E-state index in [4.69, 9.17) is 14.2 Å². The van der Waals surface area contributed by atoms with Crippen LogP contribution in [0.4, 0.5) is 0 Å². The van der Waals surface area contributed by atoms with Gasteiger partial charge in [-0.2, -0.15) is 0 Å². The van der Waals surface area contributed by atoms with Gasteiger partial charge in [0.2, 0.25) is 6.10 Å². The molecule has 0 amide bonds. The average Bonchev–Trinajstić information content (AvgIpc) is 3.51. The third-order valence-corrected chi connectivity index (χ3v) is 12.0. The molecule has 280 valence electrons. The molecular formula is C44H57NO7. The van der Waals surface area contributed by atoms with E-state index in [2.05, 4.69) is 24.0 Å². The van der Waals surface area contributed by atoms with Gasteiger partial charge >= 0.3 is 11.9 Å². The number of hydrogen-bond donors (Lipinski definition) is 1. The molecule has 8 nitrogen and oxygen atoms in total. The Bertz CT molecular complexity index is 1620. The van der Waals surface area contributed by atoms with E-state index >= 15 is 0 Å². The van der Waals surface area contributed by atoms with Gasteiger partial charge in [-0.25, -0.2) is 4.79 Å². The third kappa shape index (κ3) is 7.65. The van der Waals surface area contributed by atoms with Crippen molar-refractivity contribution in [3.63, 3.8) is 0 Å². The molecule has 2 aromatic carbocycles. The summed E-state index contributed by atoms with van der Waals surface area (Å²) in [4.78, 5) is 41.4. The van der Waals surface area contributed by atoms with Crippen LogP contribution in [0.15, 0.2) is 66.5 Å². The molecule has 0 radical (unpaired) electrons. The van der Waals surface area contributed by atoms with Crippen molar-refractivity contribution >= 4 is 18.2 Å². The maximum absolute atomic E-state index is 14.0. The van der Waals surface area contributed by atoms with E-state index in [9.17, 15) is 19.5 Å². The lowest BCUT2D eigenvalue weighted by atomic mass is 9.50. The number of ether oxygens (including phenoxy) is 3. The van der Waals surface area contributed by atoms with Crippen LogP contribution in [-0.4, -0.2) is 59.6 Å². The minimum atomic E-state index is -1.25. The number of likely N-dealkylation sites (tertiary alicyclic amines) is 1. The van der Waals surface area contributed by atoms with E-state index in [1.54, 1.807) is 36.4 Å². The quantitative estimate of drug-likeness (QED) is 0.0631. The van der Waals surface area contributed by atoms with Gasteiger partial charge in [-0.3, -0.25) is 9.59 Å². The van der Waals surface area contributed by atoms with Gasteiger partial charge < -0.3 is 24.2 Å². The third-order valence-electron chi connectivity index (χ3n) is 12.0. The number of hydrogen-bond acceptors (Lipinski definition) is 8. The molecule has 2 bridgehead atoms. The maximum Gasteiger partial charge on any atom is 0.357 e. The van der Waals surface area contributed by atoms with Crippen LogP contribution in [0.3, 0.4) is 0 Å². The van der Waals surface area contributed by atoms with Crippen LogP contribution in [0, 0.1) is 0 Å². The molecule has 8 heteroatoms. The van der Waals surface area contributed by atoms with Gasteiger partial charge in [-0.05, 0) is 76.2 Å². The molecule has 1 N–H and O–H groups in total. The summed E-state index contributed by atoms with van der Waals surface area (Å²) in [5, 5.41) is 12.5. The number of unbranched alkanes of at least 4 members (excludes halogenated alkanes) is 11. The number of benzene rings is 2. The van der Waals surface area contributed by atoms with E-state index in [1.807, 2.05) is 19.2 Å². The Morgan fingerprint density at radius 2 is 1.65 bits per heavy atom. The SMILES string of the molecule is CCCCCCCC/C=C\CCCCCCCC(=O)O[C@H](C(=O)OC1=CC[C@@]2(O)[C@H]3Cc4ccc(C=O)c5c4[C@@]2(CCN3C)[C@H]1O5)c1ccccc1. The minimum Gasteiger partial charge on any atom is -0.480 e. The first-order valence-corrected chi connectivity index (χ1v) is 19.9. The number of nitrogens with zero attached hydrogens (tertiary/aromatic N) is 1. The second kappa shape index (κ2) is 17.4. The molecule has 2 aliphatic heterocycles. The predicted molar refractivity (Wildman–Crippen MR) is 201 cm³/mol. The van der Waals surface area contributed by atoms with E-state index in [1.165, 1.54) is 44.9 Å². The van der Waals surface area contributed by atoms with Crippen LogP contribution in [0.1, 0.15) is 143 Å². The van der Waals surface area contributed by atoms with Crippen molar-refractivity contribution in [1.29, 1.82) is 0 Å². The molecule has 2 aliphatic carbocycles. The van der Waals surface area contributed by atoms with Gasteiger partial charge in [0.05, 0.1) is 16.6 Å². The summed E-state index contributed by atoms with van der Waals surface area (Å²) < 4.78 is 18.5. The molecule has 1 saturated heterocycles. The van der Waals surface area contributed by atoms with Crippen LogP contribution >= 0.6 is 0 Å². The van der Waals surface area contributed by atoms with E-state index in [-0.39, 0.29) is 24.6 Å². The van der Waals surface area contributed by atoms with Crippen LogP contribution < -0.4 is 4.74 Å². The first-order valence-electron chi connectivity index (χ1n) is 19.9. The number of carbonyl (C=O) groups excluding carboxylic acids is 3. The van der Waals surface area contributed by atoms with E-state index in [0.717, 1.165) is 56.1 Å².